The molecule has 2 aromatic carbocycles. The molecule has 4 heteroatoms. The van der Waals surface area contributed by atoms with Gasteiger partial charge >= 0.3 is 0 Å². The molecule has 166 valence electrons. The third-order valence-electron chi connectivity index (χ3n) is 5.41. The van der Waals surface area contributed by atoms with Crippen molar-refractivity contribution in [1.29, 1.82) is 0 Å². The topological polar surface area (TPSA) is 25.4 Å². The van der Waals surface area contributed by atoms with Gasteiger partial charge in [0.1, 0.15) is 10.8 Å². The van der Waals surface area contributed by atoms with Crippen molar-refractivity contribution in [2.75, 3.05) is 26.2 Å². The maximum Gasteiger partial charge on any atom is 0.125 e. The first kappa shape index (κ1) is 23.5. The third kappa shape index (κ3) is 6.91. The number of unbranched alkanes of at least 4 members (excludes halogenated alkanes) is 1. The van der Waals surface area contributed by atoms with Crippen molar-refractivity contribution in [3.63, 3.8) is 0 Å². The van der Waals surface area contributed by atoms with Crippen molar-refractivity contribution in [3.8, 4) is 5.75 Å². The van der Waals surface area contributed by atoms with Crippen LogP contribution in [0.5, 0.6) is 5.75 Å². The normalized spacial score (nSPS) is 11.8. The Balaban J connectivity index is 1.53. The predicted octanol–water partition coefficient (Wildman–Crippen LogP) is 7.36. The van der Waals surface area contributed by atoms with Gasteiger partial charge in [0, 0.05) is 0 Å². The van der Waals surface area contributed by atoms with Crippen molar-refractivity contribution in [2.24, 2.45) is 0 Å². The first-order chi connectivity index (χ1) is 15.1. The van der Waals surface area contributed by atoms with E-state index >= 15 is 0 Å². The SMILES string of the molecule is CCCN(CCC)CCCCOc1c(C)cc(/C=C/c2nc3ccccc3s2)cc1C. The second-order valence-electron chi connectivity index (χ2n) is 8.23. The number of nitrogens with zero attached hydrogens (tertiary/aromatic N) is 2. The lowest BCUT2D eigenvalue weighted by Gasteiger charge is -2.21. The number of hydrogen-bond donors (Lipinski definition) is 0. The van der Waals surface area contributed by atoms with Gasteiger partial charge in [-0.3, -0.25) is 0 Å². The van der Waals surface area contributed by atoms with Gasteiger partial charge in [-0.2, -0.15) is 0 Å². The van der Waals surface area contributed by atoms with Crippen LogP contribution >= 0.6 is 11.3 Å². The number of para-hydroxylation sites is 1. The molecule has 0 saturated heterocycles. The van der Waals surface area contributed by atoms with Crippen molar-refractivity contribution in [3.05, 3.63) is 58.1 Å². The highest BCUT2D eigenvalue weighted by molar-refractivity contribution is 7.19. The highest BCUT2D eigenvalue weighted by Gasteiger charge is 2.07. The van der Waals surface area contributed by atoms with Gasteiger partial charge in [-0.25, -0.2) is 4.98 Å². The van der Waals surface area contributed by atoms with Crippen LogP contribution in [0.3, 0.4) is 0 Å². The zero-order chi connectivity index (χ0) is 22.1. The molecule has 0 aliphatic heterocycles. The Kier molecular flexibility index (Phi) is 9.11. The number of benzene rings is 2. The zero-order valence-corrected chi connectivity index (χ0v) is 20.3. The Morgan fingerprint density at radius 3 is 2.32 bits per heavy atom. The number of thiazole rings is 1. The molecule has 0 spiro atoms. The number of aryl methyl sites for hydroxylation is 2. The van der Waals surface area contributed by atoms with Crippen molar-refractivity contribution < 1.29 is 4.74 Å². The average Bonchev–Trinajstić information content (AvgIpc) is 3.17. The molecule has 0 saturated carbocycles. The summed E-state index contributed by atoms with van der Waals surface area (Å²) in [5.41, 5.74) is 4.65. The van der Waals surface area contributed by atoms with E-state index in [1.807, 2.05) is 6.07 Å². The van der Waals surface area contributed by atoms with E-state index in [9.17, 15) is 0 Å². The van der Waals surface area contributed by atoms with Crippen LogP contribution in [0.1, 0.15) is 61.2 Å². The molecule has 3 rings (SSSR count). The molecule has 0 amide bonds. The summed E-state index contributed by atoms with van der Waals surface area (Å²) < 4.78 is 7.40. The predicted molar refractivity (Wildman–Crippen MR) is 136 cm³/mol. The molecule has 0 aliphatic rings. The summed E-state index contributed by atoms with van der Waals surface area (Å²) in [5.74, 6) is 1.04. The lowest BCUT2D eigenvalue weighted by atomic mass is 10.1. The molecule has 0 atom stereocenters. The molecule has 1 aromatic heterocycles. The Labute approximate surface area is 191 Å². The van der Waals surface area contributed by atoms with Crippen LogP contribution in [0.2, 0.25) is 0 Å². The van der Waals surface area contributed by atoms with E-state index in [0.29, 0.717) is 0 Å². The largest absolute Gasteiger partial charge is 0.493 e. The minimum atomic E-state index is 0.786. The summed E-state index contributed by atoms with van der Waals surface area (Å²) in [7, 11) is 0. The summed E-state index contributed by atoms with van der Waals surface area (Å²) in [6.07, 6.45) is 9.02. The monoisotopic (exact) mass is 436 g/mol. The van der Waals surface area contributed by atoms with Crippen LogP contribution < -0.4 is 4.74 Å². The fraction of sp³-hybridized carbons (Fsp3) is 0.444. The molecule has 0 radical (unpaired) electrons. The van der Waals surface area contributed by atoms with Gasteiger partial charge in [-0.15, -0.1) is 11.3 Å². The van der Waals surface area contributed by atoms with Crippen LogP contribution in [0.15, 0.2) is 36.4 Å². The average molecular weight is 437 g/mol. The highest BCUT2D eigenvalue weighted by Crippen LogP contribution is 2.27. The smallest absolute Gasteiger partial charge is 0.125 e. The van der Waals surface area contributed by atoms with E-state index in [-0.39, 0.29) is 0 Å². The van der Waals surface area contributed by atoms with Crippen LogP contribution in [-0.4, -0.2) is 36.1 Å². The second-order valence-corrected chi connectivity index (χ2v) is 9.30. The Bertz CT molecular complexity index is 930. The second kappa shape index (κ2) is 12.0. The van der Waals surface area contributed by atoms with Gasteiger partial charge in [0.2, 0.25) is 0 Å². The first-order valence-corrected chi connectivity index (χ1v) is 12.4. The molecular formula is C27H36N2OS. The molecule has 0 unspecified atom stereocenters. The lowest BCUT2D eigenvalue weighted by Crippen LogP contribution is -2.26. The van der Waals surface area contributed by atoms with Gasteiger partial charge in [-0.1, -0.05) is 32.1 Å². The number of ether oxygens (including phenoxy) is 1. The van der Waals surface area contributed by atoms with Crippen LogP contribution in [0.4, 0.5) is 0 Å². The van der Waals surface area contributed by atoms with Gasteiger partial charge in [0.15, 0.2) is 0 Å². The third-order valence-corrected chi connectivity index (χ3v) is 6.41. The number of hydrogen-bond acceptors (Lipinski definition) is 4. The van der Waals surface area contributed by atoms with Crippen molar-refractivity contribution in [2.45, 2.75) is 53.4 Å². The summed E-state index contributed by atoms with van der Waals surface area (Å²) in [6.45, 7) is 13.2. The fourth-order valence-electron chi connectivity index (χ4n) is 4.02. The maximum atomic E-state index is 6.17. The van der Waals surface area contributed by atoms with Crippen LogP contribution in [-0.2, 0) is 0 Å². The molecule has 0 bridgehead atoms. The number of fused-ring (bicyclic) bond motifs is 1. The van der Waals surface area contributed by atoms with E-state index in [1.54, 1.807) is 11.3 Å². The van der Waals surface area contributed by atoms with Crippen molar-refractivity contribution in [1.82, 2.24) is 9.88 Å². The van der Waals surface area contributed by atoms with Gasteiger partial charge in [-0.05, 0) is 106 Å². The van der Waals surface area contributed by atoms with E-state index in [4.69, 9.17) is 4.74 Å². The highest BCUT2D eigenvalue weighted by atomic mass is 32.1. The van der Waals surface area contributed by atoms with E-state index in [1.165, 1.54) is 60.3 Å². The quantitative estimate of drug-likeness (QED) is 0.277. The van der Waals surface area contributed by atoms with Gasteiger partial charge < -0.3 is 9.64 Å². The molecule has 31 heavy (non-hydrogen) atoms. The number of rotatable bonds is 12. The molecular weight excluding hydrogens is 400 g/mol. The Morgan fingerprint density at radius 2 is 1.65 bits per heavy atom. The molecule has 0 fully saturated rings. The summed E-state index contributed by atoms with van der Waals surface area (Å²) in [4.78, 5) is 7.26. The molecule has 0 N–H and O–H groups in total. The van der Waals surface area contributed by atoms with Crippen molar-refractivity contribution >= 4 is 33.7 Å². The zero-order valence-electron chi connectivity index (χ0n) is 19.5. The van der Waals surface area contributed by atoms with Crippen LogP contribution in [0.25, 0.3) is 22.4 Å². The standard InChI is InChI=1S/C27H36N2OS/c1-5-15-29(16-6-2)17-9-10-18-30-27-21(3)19-23(20-22(27)4)13-14-26-28-24-11-7-8-12-25(24)31-26/h7-8,11-14,19-20H,5-6,9-10,15-18H2,1-4H3/b14-13+. The Hall–Kier alpha value is -2.17. The number of aromatic nitrogens is 1. The van der Waals surface area contributed by atoms with E-state index < -0.39 is 0 Å². The summed E-state index contributed by atoms with van der Waals surface area (Å²) in [6, 6.07) is 12.7. The fourth-order valence-corrected chi connectivity index (χ4v) is 4.89. The lowest BCUT2D eigenvalue weighted by molar-refractivity contribution is 0.249. The molecule has 1 heterocycles. The first-order valence-electron chi connectivity index (χ1n) is 11.6. The minimum absolute atomic E-state index is 0.786. The van der Waals surface area contributed by atoms with Gasteiger partial charge in [0.05, 0.1) is 16.8 Å². The van der Waals surface area contributed by atoms with Crippen LogP contribution in [0, 0.1) is 13.8 Å². The molecule has 0 aliphatic carbocycles. The van der Waals surface area contributed by atoms with Gasteiger partial charge in [0.25, 0.3) is 0 Å². The minimum Gasteiger partial charge on any atom is -0.493 e. The summed E-state index contributed by atoms with van der Waals surface area (Å²) >= 11 is 1.73. The van der Waals surface area contributed by atoms with E-state index in [0.717, 1.165) is 29.3 Å². The summed E-state index contributed by atoms with van der Waals surface area (Å²) in [5, 5.41) is 1.04. The molecule has 3 aromatic rings. The maximum absolute atomic E-state index is 6.17. The van der Waals surface area contributed by atoms with E-state index in [2.05, 4.69) is 80.1 Å². The Morgan fingerprint density at radius 1 is 0.935 bits per heavy atom. The molecule has 3 nitrogen and oxygen atoms in total.